The summed E-state index contributed by atoms with van der Waals surface area (Å²) < 4.78 is 1.68. The summed E-state index contributed by atoms with van der Waals surface area (Å²) in [5, 5.41) is 3.26. The molecule has 0 aliphatic carbocycles. The molecule has 0 fully saturated rings. The molecular weight excluding hydrogens is 412 g/mol. The van der Waals surface area contributed by atoms with Crippen LogP contribution in [0.2, 0.25) is 0 Å². The van der Waals surface area contributed by atoms with Crippen LogP contribution in [-0.2, 0) is 17.9 Å². The van der Waals surface area contributed by atoms with Gasteiger partial charge in [0.1, 0.15) is 23.3 Å². The molecule has 0 radical (unpaired) electrons. The minimum absolute atomic E-state index is 0.0602. The summed E-state index contributed by atoms with van der Waals surface area (Å²) in [7, 11) is 0. The van der Waals surface area contributed by atoms with Crippen molar-refractivity contribution in [1.82, 2.24) is 14.9 Å². The Morgan fingerprint density at radius 1 is 1.30 bits per heavy atom. The van der Waals surface area contributed by atoms with Gasteiger partial charge in [0.05, 0.1) is 11.0 Å². The molecule has 1 amide bonds. The largest absolute Gasteiger partial charge is 0.383 e. The van der Waals surface area contributed by atoms with Gasteiger partial charge in [-0.05, 0) is 40.5 Å². The second kappa shape index (κ2) is 7.71. The molecule has 0 bridgehead atoms. The first kappa shape index (κ1) is 18.8. The molecule has 138 valence electrons. The number of aromatic nitrogens is 2. The van der Waals surface area contributed by atoms with E-state index in [1.54, 1.807) is 6.07 Å². The van der Waals surface area contributed by atoms with E-state index >= 15 is 0 Å². The summed E-state index contributed by atoms with van der Waals surface area (Å²) in [5.74, 6) is -0.326. The van der Waals surface area contributed by atoms with Gasteiger partial charge in [0, 0.05) is 11.9 Å². The molecule has 0 saturated heterocycles. The van der Waals surface area contributed by atoms with Gasteiger partial charge in [0.25, 0.3) is 11.5 Å². The summed E-state index contributed by atoms with van der Waals surface area (Å²) in [5.41, 5.74) is 7.42. The normalized spacial score (nSPS) is 10.7. The second-order valence-corrected chi connectivity index (χ2v) is 6.93. The number of hydrogen-bond acceptors (Lipinski definition) is 5. The topological polar surface area (TPSA) is 107 Å². The lowest BCUT2D eigenvalue weighted by Gasteiger charge is -2.11. The van der Waals surface area contributed by atoms with Crippen molar-refractivity contribution in [2.24, 2.45) is 0 Å². The maximum atomic E-state index is 12.7. The lowest BCUT2D eigenvalue weighted by molar-refractivity contribution is -0.108. The maximum Gasteiger partial charge on any atom is 0.265 e. The van der Waals surface area contributed by atoms with Crippen molar-refractivity contribution < 1.29 is 9.59 Å². The number of hydrogen-bond donors (Lipinski definition) is 2. The number of anilines is 1. The van der Waals surface area contributed by atoms with E-state index in [1.807, 2.05) is 31.2 Å². The van der Waals surface area contributed by atoms with Crippen molar-refractivity contribution in [3.05, 3.63) is 67.9 Å². The van der Waals surface area contributed by atoms with Crippen LogP contribution in [0.25, 0.3) is 11.0 Å². The number of carbonyl (C=O) groups excluding carboxylic acids is 2. The number of nitrogens with zero attached hydrogens (tertiary/aromatic N) is 2. The number of carbonyl (C=O) groups is 2. The number of aldehydes is 1. The van der Waals surface area contributed by atoms with Crippen LogP contribution in [0.4, 0.5) is 5.82 Å². The van der Waals surface area contributed by atoms with Crippen molar-refractivity contribution in [2.45, 2.75) is 20.0 Å². The molecule has 3 rings (SSSR count). The summed E-state index contributed by atoms with van der Waals surface area (Å²) in [6.07, 6.45) is 0.578. The number of fused-ring (bicyclic) bond motifs is 1. The number of nitrogen functional groups attached to an aromatic ring is 1. The molecule has 0 aliphatic heterocycles. The first-order chi connectivity index (χ1) is 12.9. The van der Waals surface area contributed by atoms with Crippen molar-refractivity contribution in [2.75, 3.05) is 5.73 Å². The summed E-state index contributed by atoms with van der Waals surface area (Å²) in [6.45, 7) is 2.04. The van der Waals surface area contributed by atoms with Crippen LogP contribution in [0.3, 0.4) is 0 Å². The molecule has 2 aromatic heterocycles. The number of aryl methyl sites for hydroxylation is 1. The second-order valence-electron chi connectivity index (χ2n) is 6.08. The Morgan fingerprint density at radius 2 is 2.00 bits per heavy atom. The Hall–Kier alpha value is -3.00. The van der Waals surface area contributed by atoms with Crippen LogP contribution in [-0.4, -0.2) is 21.7 Å². The number of nitrogens with one attached hydrogen (secondary N) is 1. The number of nitrogens with two attached hydrogens (primary N) is 1. The van der Waals surface area contributed by atoms with Crippen LogP contribution in [0, 0.1) is 6.92 Å². The molecular formula is C19H17BrN4O3. The third-order valence-corrected chi connectivity index (χ3v) is 4.75. The number of rotatable bonds is 5. The average Bonchev–Trinajstić information content (AvgIpc) is 2.65. The Labute approximate surface area is 163 Å². The Kier molecular flexibility index (Phi) is 5.36. The standard InChI is InChI=1S/C19H17BrN4O3/c1-11-2-4-12(5-3-11)10-22-18(26)14-8-13-9-15(20)16(21)23-17(13)24(6-7-25)19(14)27/h2-5,7-9H,6,10H2,1H3,(H2,21,23)(H,22,26). The van der Waals surface area contributed by atoms with E-state index < -0.39 is 11.5 Å². The minimum Gasteiger partial charge on any atom is -0.383 e. The zero-order valence-electron chi connectivity index (χ0n) is 14.5. The van der Waals surface area contributed by atoms with Gasteiger partial charge in [-0.25, -0.2) is 4.98 Å². The molecule has 0 unspecified atom stereocenters. The van der Waals surface area contributed by atoms with Crippen molar-refractivity contribution in [1.29, 1.82) is 0 Å². The van der Waals surface area contributed by atoms with Gasteiger partial charge in [-0.1, -0.05) is 29.8 Å². The third kappa shape index (κ3) is 3.90. The quantitative estimate of drug-likeness (QED) is 0.605. The van der Waals surface area contributed by atoms with E-state index in [9.17, 15) is 14.4 Å². The molecule has 7 nitrogen and oxygen atoms in total. The lowest BCUT2D eigenvalue weighted by atomic mass is 10.1. The molecule has 0 spiro atoms. The van der Waals surface area contributed by atoms with Crippen molar-refractivity contribution >= 4 is 45.0 Å². The Bertz CT molecular complexity index is 1090. The SMILES string of the molecule is Cc1ccc(CNC(=O)c2cc3cc(Br)c(N)nc3n(CC=O)c2=O)cc1. The third-order valence-electron chi connectivity index (χ3n) is 4.12. The van der Waals surface area contributed by atoms with Gasteiger partial charge in [-0.15, -0.1) is 0 Å². The molecule has 1 aromatic carbocycles. The van der Waals surface area contributed by atoms with Crippen LogP contribution >= 0.6 is 15.9 Å². The van der Waals surface area contributed by atoms with Gasteiger partial charge >= 0.3 is 0 Å². The van der Waals surface area contributed by atoms with E-state index in [0.717, 1.165) is 15.7 Å². The molecule has 0 saturated carbocycles. The van der Waals surface area contributed by atoms with Gasteiger partial charge in [0.15, 0.2) is 0 Å². The summed E-state index contributed by atoms with van der Waals surface area (Å²) in [4.78, 5) is 40.5. The first-order valence-electron chi connectivity index (χ1n) is 8.17. The Morgan fingerprint density at radius 3 is 2.67 bits per heavy atom. The van der Waals surface area contributed by atoms with Crippen molar-refractivity contribution in [3.63, 3.8) is 0 Å². The highest BCUT2D eigenvalue weighted by Crippen LogP contribution is 2.23. The Balaban J connectivity index is 1.99. The fourth-order valence-corrected chi connectivity index (χ4v) is 3.01. The first-order valence-corrected chi connectivity index (χ1v) is 8.97. The number of halogens is 1. The van der Waals surface area contributed by atoms with Gasteiger partial charge in [0.2, 0.25) is 0 Å². The highest BCUT2D eigenvalue weighted by molar-refractivity contribution is 9.10. The van der Waals surface area contributed by atoms with E-state index in [-0.39, 0.29) is 30.1 Å². The van der Waals surface area contributed by atoms with Crippen LogP contribution in [0.1, 0.15) is 21.5 Å². The molecule has 2 heterocycles. The van der Waals surface area contributed by atoms with Crippen LogP contribution in [0.15, 0.2) is 45.7 Å². The van der Waals surface area contributed by atoms with Gasteiger partial charge in [-0.3, -0.25) is 14.2 Å². The molecule has 0 atom stereocenters. The highest BCUT2D eigenvalue weighted by atomic mass is 79.9. The lowest BCUT2D eigenvalue weighted by Crippen LogP contribution is -2.33. The van der Waals surface area contributed by atoms with Crippen molar-refractivity contribution in [3.8, 4) is 0 Å². The molecule has 27 heavy (non-hydrogen) atoms. The summed E-state index contributed by atoms with van der Waals surface area (Å²) in [6, 6.07) is 10.8. The number of amides is 1. The van der Waals surface area contributed by atoms with E-state index in [2.05, 4.69) is 26.2 Å². The molecule has 8 heteroatoms. The van der Waals surface area contributed by atoms with E-state index in [4.69, 9.17) is 5.73 Å². The zero-order valence-corrected chi connectivity index (χ0v) is 16.1. The highest BCUT2D eigenvalue weighted by Gasteiger charge is 2.17. The fraction of sp³-hybridized carbons (Fsp3) is 0.158. The average molecular weight is 429 g/mol. The van der Waals surface area contributed by atoms with E-state index in [1.165, 1.54) is 6.07 Å². The monoisotopic (exact) mass is 428 g/mol. The molecule has 3 aromatic rings. The number of pyridine rings is 2. The number of benzene rings is 1. The fourth-order valence-electron chi connectivity index (χ4n) is 2.68. The summed E-state index contributed by atoms with van der Waals surface area (Å²) >= 11 is 3.28. The van der Waals surface area contributed by atoms with Crippen LogP contribution in [0.5, 0.6) is 0 Å². The van der Waals surface area contributed by atoms with Crippen LogP contribution < -0.4 is 16.6 Å². The predicted molar refractivity (Wildman–Crippen MR) is 107 cm³/mol. The van der Waals surface area contributed by atoms with Gasteiger partial charge < -0.3 is 15.8 Å². The minimum atomic E-state index is -0.592. The zero-order chi connectivity index (χ0) is 19.6. The molecule has 0 aliphatic rings. The van der Waals surface area contributed by atoms with E-state index in [0.29, 0.717) is 16.1 Å². The molecule has 3 N–H and O–H groups in total. The van der Waals surface area contributed by atoms with Gasteiger partial charge in [-0.2, -0.15) is 0 Å². The predicted octanol–water partition coefficient (Wildman–Crippen LogP) is 2.18. The smallest absolute Gasteiger partial charge is 0.265 e. The maximum absolute atomic E-state index is 12.7.